The number of amides is 1. The highest BCUT2D eigenvalue weighted by Gasteiger charge is 2.26. The number of ether oxygens (including phenoxy) is 2. The van der Waals surface area contributed by atoms with E-state index in [1.165, 1.54) is 16.4 Å². The highest BCUT2D eigenvalue weighted by molar-refractivity contribution is 7.89. The standard InChI is InChI=1S/C25H26N2O6S/c1-2-5-19-6-3-4-7-23(19)32-18-21-10-13-24(33-21)25(28)26-20-8-11-22(12-9-20)34(29,30)27-14-16-31-17-15-27/h2-4,6-13H,1,5,14-18H2,(H,26,28). The minimum absolute atomic E-state index is 0.128. The smallest absolute Gasteiger partial charge is 0.291 e. The number of benzene rings is 2. The lowest BCUT2D eigenvalue weighted by molar-refractivity contribution is 0.0730. The van der Waals surface area contributed by atoms with Gasteiger partial charge in [-0.05, 0) is 54.4 Å². The average molecular weight is 483 g/mol. The number of carbonyl (C=O) groups excluding carboxylic acids is 1. The molecule has 0 aliphatic carbocycles. The van der Waals surface area contributed by atoms with Crippen molar-refractivity contribution in [1.82, 2.24) is 4.31 Å². The first-order valence-electron chi connectivity index (χ1n) is 10.9. The van der Waals surface area contributed by atoms with Crippen molar-refractivity contribution in [2.24, 2.45) is 0 Å². The Balaban J connectivity index is 1.36. The zero-order valence-corrected chi connectivity index (χ0v) is 19.4. The second kappa shape index (κ2) is 10.7. The van der Waals surface area contributed by atoms with Gasteiger partial charge in [0.05, 0.1) is 18.1 Å². The minimum atomic E-state index is -3.59. The minimum Gasteiger partial charge on any atom is -0.485 e. The van der Waals surface area contributed by atoms with Crippen LogP contribution in [0.2, 0.25) is 0 Å². The summed E-state index contributed by atoms with van der Waals surface area (Å²) in [7, 11) is -3.59. The van der Waals surface area contributed by atoms with Gasteiger partial charge in [-0.25, -0.2) is 8.42 Å². The largest absolute Gasteiger partial charge is 0.485 e. The van der Waals surface area contributed by atoms with Crippen LogP contribution < -0.4 is 10.1 Å². The van der Waals surface area contributed by atoms with Gasteiger partial charge in [-0.1, -0.05) is 24.3 Å². The van der Waals surface area contributed by atoms with Gasteiger partial charge in [-0.15, -0.1) is 6.58 Å². The monoisotopic (exact) mass is 482 g/mol. The fourth-order valence-electron chi connectivity index (χ4n) is 3.53. The number of allylic oxidation sites excluding steroid dienone is 1. The summed E-state index contributed by atoms with van der Waals surface area (Å²) < 4.78 is 43.5. The van der Waals surface area contributed by atoms with Crippen LogP contribution >= 0.6 is 0 Å². The van der Waals surface area contributed by atoms with Crippen LogP contribution in [0.15, 0.2) is 82.6 Å². The molecule has 1 amide bonds. The van der Waals surface area contributed by atoms with Gasteiger partial charge in [0.15, 0.2) is 5.76 Å². The van der Waals surface area contributed by atoms with Crippen molar-refractivity contribution in [2.45, 2.75) is 17.9 Å². The second-order valence-corrected chi connectivity index (χ2v) is 9.59. The number of morpholine rings is 1. The number of rotatable bonds is 9. The highest BCUT2D eigenvalue weighted by Crippen LogP contribution is 2.22. The van der Waals surface area contributed by atoms with Crippen LogP contribution in [0, 0.1) is 0 Å². The Kier molecular flexibility index (Phi) is 7.46. The molecule has 4 rings (SSSR count). The van der Waals surface area contributed by atoms with Gasteiger partial charge < -0.3 is 19.2 Å². The maximum absolute atomic E-state index is 12.7. The van der Waals surface area contributed by atoms with Crippen LogP contribution in [0.1, 0.15) is 21.9 Å². The topological polar surface area (TPSA) is 98.1 Å². The summed E-state index contributed by atoms with van der Waals surface area (Å²) >= 11 is 0. The van der Waals surface area contributed by atoms with Crippen LogP contribution in [0.5, 0.6) is 5.75 Å². The molecular weight excluding hydrogens is 456 g/mol. The van der Waals surface area contributed by atoms with Gasteiger partial charge >= 0.3 is 0 Å². The molecule has 1 aliphatic heterocycles. The van der Waals surface area contributed by atoms with Gasteiger partial charge in [0.1, 0.15) is 18.1 Å². The zero-order chi connectivity index (χ0) is 24.0. The summed E-state index contributed by atoms with van der Waals surface area (Å²) in [6.45, 7) is 5.34. The van der Waals surface area contributed by atoms with E-state index >= 15 is 0 Å². The van der Waals surface area contributed by atoms with Crippen molar-refractivity contribution in [1.29, 1.82) is 0 Å². The van der Waals surface area contributed by atoms with E-state index in [0.717, 1.165) is 11.3 Å². The predicted octanol–water partition coefficient (Wildman–Crippen LogP) is 3.86. The summed E-state index contributed by atoms with van der Waals surface area (Å²) in [5, 5.41) is 2.72. The maximum atomic E-state index is 12.7. The molecule has 0 spiro atoms. The molecule has 2 heterocycles. The Labute approximate surface area is 198 Å². The van der Waals surface area contributed by atoms with Crippen molar-refractivity contribution < 1.29 is 27.1 Å². The van der Waals surface area contributed by atoms with Crippen LogP contribution in [0.25, 0.3) is 0 Å². The normalized spacial score (nSPS) is 14.5. The molecule has 0 bridgehead atoms. The molecule has 1 fully saturated rings. The molecule has 9 heteroatoms. The van der Waals surface area contributed by atoms with Crippen molar-refractivity contribution in [3.63, 3.8) is 0 Å². The van der Waals surface area contributed by atoms with Crippen LogP contribution in [-0.2, 0) is 27.8 Å². The molecule has 8 nitrogen and oxygen atoms in total. The average Bonchev–Trinajstić information content (AvgIpc) is 3.34. The lowest BCUT2D eigenvalue weighted by atomic mass is 10.1. The Morgan fingerprint density at radius 1 is 1.06 bits per heavy atom. The first kappa shape index (κ1) is 23.7. The Morgan fingerprint density at radius 2 is 1.79 bits per heavy atom. The SMILES string of the molecule is C=CCc1ccccc1OCc1ccc(C(=O)Nc2ccc(S(=O)(=O)N3CCOCC3)cc2)o1. The molecule has 0 atom stereocenters. The summed E-state index contributed by atoms with van der Waals surface area (Å²) in [6.07, 6.45) is 2.50. The summed E-state index contributed by atoms with van der Waals surface area (Å²) in [5.74, 6) is 0.924. The third-order valence-corrected chi connectivity index (χ3v) is 7.23. The number of nitrogens with one attached hydrogen (secondary N) is 1. The van der Waals surface area contributed by atoms with E-state index in [2.05, 4.69) is 11.9 Å². The zero-order valence-electron chi connectivity index (χ0n) is 18.6. The summed E-state index contributed by atoms with van der Waals surface area (Å²) in [4.78, 5) is 12.7. The molecule has 0 radical (unpaired) electrons. The number of nitrogens with zero attached hydrogens (tertiary/aromatic N) is 1. The van der Waals surface area contributed by atoms with Crippen LogP contribution in [0.3, 0.4) is 0 Å². The van der Waals surface area contributed by atoms with Crippen molar-refractivity contribution >= 4 is 21.6 Å². The van der Waals surface area contributed by atoms with E-state index in [1.54, 1.807) is 24.3 Å². The highest BCUT2D eigenvalue weighted by atomic mass is 32.2. The van der Waals surface area contributed by atoms with E-state index in [-0.39, 0.29) is 17.3 Å². The molecule has 1 aliphatic rings. The molecule has 1 saturated heterocycles. The first-order chi connectivity index (χ1) is 16.5. The third kappa shape index (κ3) is 5.56. The Hall–Kier alpha value is -3.40. The van der Waals surface area contributed by atoms with Crippen molar-refractivity contribution in [2.75, 3.05) is 31.6 Å². The number of carbonyl (C=O) groups is 1. The van der Waals surface area contributed by atoms with Crippen LogP contribution in [-0.4, -0.2) is 44.9 Å². The van der Waals surface area contributed by atoms with Gasteiger partial charge in [-0.3, -0.25) is 4.79 Å². The van der Waals surface area contributed by atoms with E-state index in [4.69, 9.17) is 13.9 Å². The molecule has 3 aromatic rings. The quantitative estimate of drug-likeness (QED) is 0.465. The molecule has 178 valence electrons. The number of hydrogen-bond acceptors (Lipinski definition) is 6. The second-order valence-electron chi connectivity index (χ2n) is 7.65. The number of hydrogen-bond donors (Lipinski definition) is 1. The van der Waals surface area contributed by atoms with Gasteiger partial charge in [0.2, 0.25) is 10.0 Å². The summed E-state index contributed by atoms with van der Waals surface area (Å²) in [6, 6.07) is 17.0. The first-order valence-corrected chi connectivity index (χ1v) is 12.3. The molecule has 0 saturated carbocycles. The lowest BCUT2D eigenvalue weighted by Crippen LogP contribution is -2.40. The number of furan rings is 1. The fraction of sp³-hybridized carbons (Fsp3) is 0.240. The molecule has 2 aromatic carbocycles. The van der Waals surface area contributed by atoms with Crippen molar-refractivity contribution in [3.05, 3.63) is 90.4 Å². The molecular formula is C25H26N2O6S. The van der Waals surface area contributed by atoms with Crippen LogP contribution in [0.4, 0.5) is 5.69 Å². The van der Waals surface area contributed by atoms with Gasteiger partial charge in [-0.2, -0.15) is 4.31 Å². The Morgan fingerprint density at radius 3 is 2.53 bits per heavy atom. The fourth-order valence-corrected chi connectivity index (χ4v) is 4.94. The lowest BCUT2D eigenvalue weighted by Gasteiger charge is -2.26. The molecule has 34 heavy (non-hydrogen) atoms. The third-order valence-electron chi connectivity index (χ3n) is 5.31. The van der Waals surface area contributed by atoms with Crippen molar-refractivity contribution in [3.8, 4) is 5.75 Å². The van der Waals surface area contributed by atoms with E-state index in [1.807, 2.05) is 30.3 Å². The molecule has 1 N–H and O–H groups in total. The number of sulfonamides is 1. The Bertz CT molecular complexity index is 1240. The number of para-hydroxylation sites is 1. The number of anilines is 1. The van der Waals surface area contributed by atoms with E-state index < -0.39 is 15.9 Å². The summed E-state index contributed by atoms with van der Waals surface area (Å²) in [5.41, 5.74) is 1.47. The van der Waals surface area contributed by atoms with Gasteiger partial charge in [0, 0.05) is 18.8 Å². The van der Waals surface area contributed by atoms with Gasteiger partial charge in [0.25, 0.3) is 5.91 Å². The molecule has 1 aromatic heterocycles. The van der Waals surface area contributed by atoms with E-state index in [0.29, 0.717) is 44.2 Å². The maximum Gasteiger partial charge on any atom is 0.291 e. The molecule has 0 unspecified atom stereocenters. The predicted molar refractivity (Wildman–Crippen MR) is 127 cm³/mol. The van der Waals surface area contributed by atoms with E-state index in [9.17, 15) is 13.2 Å².